The van der Waals surface area contributed by atoms with Crippen molar-refractivity contribution in [1.82, 2.24) is 14.9 Å². The van der Waals surface area contributed by atoms with Crippen molar-refractivity contribution in [3.05, 3.63) is 48.5 Å². The Balaban J connectivity index is 1.52. The third-order valence-corrected chi connectivity index (χ3v) is 3.68. The number of carbonyl (C=O) groups is 2. The highest BCUT2D eigenvalue weighted by atomic mass is 16.5. The minimum atomic E-state index is -0.210. The lowest BCUT2D eigenvalue weighted by atomic mass is 9.98. The summed E-state index contributed by atoms with van der Waals surface area (Å²) in [6.45, 7) is 0.773. The Labute approximate surface area is 133 Å². The van der Waals surface area contributed by atoms with Gasteiger partial charge in [0.15, 0.2) is 0 Å². The predicted molar refractivity (Wildman–Crippen MR) is 83.0 cm³/mol. The minimum Gasteiger partial charge on any atom is -0.497 e. The number of ether oxygens (including phenoxy) is 1. The first-order valence-electron chi connectivity index (χ1n) is 7.17. The van der Waals surface area contributed by atoms with Gasteiger partial charge in [0.05, 0.1) is 19.2 Å². The van der Waals surface area contributed by atoms with Crippen LogP contribution in [0.2, 0.25) is 0 Å². The summed E-state index contributed by atoms with van der Waals surface area (Å²) >= 11 is 0. The lowest BCUT2D eigenvalue weighted by Crippen LogP contribution is -2.54. The fraction of sp³-hybridized carbons (Fsp3) is 0.250. The summed E-state index contributed by atoms with van der Waals surface area (Å²) in [4.78, 5) is 33.7. The summed E-state index contributed by atoms with van der Waals surface area (Å²) in [6, 6.07) is 7.11. The van der Waals surface area contributed by atoms with Crippen LogP contribution in [0.15, 0.2) is 42.9 Å². The van der Waals surface area contributed by atoms with Gasteiger partial charge in [0.25, 0.3) is 5.91 Å². The molecule has 2 amide bonds. The van der Waals surface area contributed by atoms with Crippen molar-refractivity contribution in [1.29, 1.82) is 0 Å². The number of anilines is 1. The molecule has 7 heteroatoms. The molecular weight excluding hydrogens is 296 g/mol. The van der Waals surface area contributed by atoms with Crippen LogP contribution in [0.1, 0.15) is 10.5 Å². The number of hydrogen-bond donors (Lipinski definition) is 1. The lowest BCUT2D eigenvalue weighted by Gasteiger charge is -2.37. The lowest BCUT2D eigenvalue weighted by molar-refractivity contribution is -0.123. The molecule has 0 radical (unpaired) electrons. The molecule has 118 valence electrons. The van der Waals surface area contributed by atoms with Gasteiger partial charge in [-0.25, -0.2) is 4.98 Å². The zero-order chi connectivity index (χ0) is 16.2. The van der Waals surface area contributed by atoms with Gasteiger partial charge in [-0.15, -0.1) is 0 Å². The minimum absolute atomic E-state index is 0.0987. The summed E-state index contributed by atoms with van der Waals surface area (Å²) in [6.07, 6.45) is 4.41. The monoisotopic (exact) mass is 312 g/mol. The summed E-state index contributed by atoms with van der Waals surface area (Å²) in [7, 11) is 1.59. The molecule has 1 saturated heterocycles. The van der Waals surface area contributed by atoms with E-state index >= 15 is 0 Å². The van der Waals surface area contributed by atoms with Crippen LogP contribution in [0, 0.1) is 5.92 Å². The van der Waals surface area contributed by atoms with Gasteiger partial charge in [0.2, 0.25) is 5.91 Å². The van der Waals surface area contributed by atoms with E-state index in [2.05, 4.69) is 15.3 Å². The first-order chi connectivity index (χ1) is 11.2. The number of aromatic nitrogens is 2. The number of nitrogens with zero attached hydrogens (tertiary/aromatic N) is 3. The average Bonchev–Trinajstić information content (AvgIpc) is 2.55. The standard InChI is InChI=1S/C16H16N4O3/c1-23-13-4-2-12(3-5-13)19-15(21)11-9-20(10-11)16(22)14-8-17-6-7-18-14/h2-8,11H,9-10H2,1H3,(H,19,21). The third-order valence-electron chi connectivity index (χ3n) is 3.68. The molecule has 0 atom stereocenters. The van der Waals surface area contributed by atoms with Crippen LogP contribution in [0.25, 0.3) is 0 Å². The molecule has 0 bridgehead atoms. The first-order valence-corrected chi connectivity index (χ1v) is 7.17. The molecule has 1 aromatic carbocycles. The number of carbonyl (C=O) groups excluding carboxylic acids is 2. The average molecular weight is 312 g/mol. The molecule has 23 heavy (non-hydrogen) atoms. The molecule has 2 heterocycles. The Hall–Kier alpha value is -2.96. The summed E-state index contributed by atoms with van der Waals surface area (Å²) < 4.78 is 5.07. The largest absolute Gasteiger partial charge is 0.497 e. The highest BCUT2D eigenvalue weighted by Gasteiger charge is 2.36. The quantitative estimate of drug-likeness (QED) is 0.917. The van der Waals surface area contributed by atoms with Gasteiger partial charge in [-0.1, -0.05) is 0 Å². The normalized spacial score (nSPS) is 14.0. The van der Waals surface area contributed by atoms with Crippen LogP contribution >= 0.6 is 0 Å². The van der Waals surface area contributed by atoms with Gasteiger partial charge in [0.1, 0.15) is 11.4 Å². The summed E-state index contributed by atoms with van der Waals surface area (Å²) in [5.41, 5.74) is 0.996. The van der Waals surface area contributed by atoms with Crippen LogP contribution in [0.4, 0.5) is 5.69 Å². The van der Waals surface area contributed by atoms with Crippen molar-refractivity contribution in [2.75, 3.05) is 25.5 Å². The van der Waals surface area contributed by atoms with Gasteiger partial charge < -0.3 is 15.0 Å². The fourth-order valence-electron chi connectivity index (χ4n) is 2.30. The number of benzene rings is 1. The molecule has 0 saturated carbocycles. The summed E-state index contributed by atoms with van der Waals surface area (Å²) in [5, 5.41) is 2.83. The van der Waals surface area contributed by atoms with Gasteiger partial charge in [-0.05, 0) is 24.3 Å². The second kappa shape index (κ2) is 6.43. The molecule has 1 fully saturated rings. The second-order valence-corrected chi connectivity index (χ2v) is 5.22. The Morgan fingerprint density at radius 3 is 2.57 bits per heavy atom. The van der Waals surface area contributed by atoms with E-state index in [-0.39, 0.29) is 17.7 Å². The number of amides is 2. The van der Waals surface area contributed by atoms with E-state index in [1.165, 1.54) is 18.6 Å². The van der Waals surface area contributed by atoms with Crippen LogP contribution in [0.5, 0.6) is 5.75 Å². The number of likely N-dealkylation sites (tertiary alicyclic amines) is 1. The van der Waals surface area contributed by atoms with E-state index < -0.39 is 0 Å². The van der Waals surface area contributed by atoms with Gasteiger partial charge in [-0.2, -0.15) is 0 Å². The topological polar surface area (TPSA) is 84.4 Å². The first kappa shape index (κ1) is 15.0. The molecule has 2 aromatic rings. The van der Waals surface area contributed by atoms with E-state index in [0.717, 1.165) is 5.75 Å². The zero-order valence-corrected chi connectivity index (χ0v) is 12.6. The molecule has 1 aliphatic rings. The zero-order valence-electron chi connectivity index (χ0n) is 12.6. The number of nitrogens with one attached hydrogen (secondary N) is 1. The molecule has 7 nitrogen and oxygen atoms in total. The Morgan fingerprint density at radius 2 is 1.96 bits per heavy atom. The maximum Gasteiger partial charge on any atom is 0.274 e. The van der Waals surface area contributed by atoms with Crippen molar-refractivity contribution in [2.45, 2.75) is 0 Å². The predicted octanol–water partition coefficient (Wildman–Crippen LogP) is 1.20. The van der Waals surface area contributed by atoms with Crippen LogP contribution < -0.4 is 10.1 Å². The highest BCUT2D eigenvalue weighted by Crippen LogP contribution is 2.21. The Bertz CT molecular complexity index is 697. The number of rotatable bonds is 4. The van der Waals surface area contributed by atoms with E-state index in [1.54, 1.807) is 36.3 Å². The van der Waals surface area contributed by atoms with Gasteiger partial charge in [0, 0.05) is 31.2 Å². The van der Waals surface area contributed by atoms with Gasteiger partial charge >= 0.3 is 0 Å². The summed E-state index contributed by atoms with van der Waals surface area (Å²) in [5.74, 6) is 0.218. The van der Waals surface area contributed by atoms with Crippen molar-refractivity contribution >= 4 is 17.5 Å². The molecular formula is C16H16N4O3. The van der Waals surface area contributed by atoms with Crippen molar-refractivity contribution in [3.8, 4) is 5.75 Å². The molecule has 0 aliphatic carbocycles. The Kier molecular flexibility index (Phi) is 4.18. The van der Waals surface area contributed by atoms with Crippen LogP contribution in [-0.4, -0.2) is 46.9 Å². The van der Waals surface area contributed by atoms with Crippen LogP contribution in [-0.2, 0) is 4.79 Å². The molecule has 1 aliphatic heterocycles. The van der Waals surface area contributed by atoms with E-state index in [0.29, 0.717) is 24.5 Å². The van der Waals surface area contributed by atoms with E-state index in [9.17, 15) is 9.59 Å². The Morgan fingerprint density at radius 1 is 1.22 bits per heavy atom. The fourth-order valence-corrected chi connectivity index (χ4v) is 2.30. The SMILES string of the molecule is COc1ccc(NC(=O)C2CN(C(=O)c3cnccn3)C2)cc1. The van der Waals surface area contributed by atoms with Crippen molar-refractivity contribution in [2.24, 2.45) is 5.92 Å². The second-order valence-electron chi connectivity index (χ2n) is 5.22. The van der Waals surface area contributed by atoms with Crippen molar-refractivity contribution < 1.29 is 14.3 Å². The highest BCUT2D eigenvalue weighted by molar-refractivity contribution is 5.97. The molecule has 1 aromatic heterocycles. The van der Waals surface area contributed by atoms with Gasteiger partial charge in [-0.3, -0.25) is 14.6 Å². The number of methoxy groups -OCH3 is 1. The van der Waals surface area contributed by atoms with Crippen LogP contribution in [0.3, 0.4) is 0 Å². The molecule has 0 unspecified atom stereocenters. The molecule has 3 rings (SSSR count). The van der Waals surface area contributed by atoms with E-state index in [4.69, 9.17) is 4.74 Å². The van der Waals surface area contributed by atoms with E-state index in [1.807, 2.05) is 0 Å². The third kappa shape index (κ3) is 3.28. The van der Waals surface area contributed by atoms with Crippen molar-refractivity contribution in [3.63, 3.8) is 0 Å². The maximum atomic E-state index is 12.1. The molecule has 1 N–H and O–H groups in total. The smallest absolute Gasteiger partial charge is 0.274 e. The maximum absolute atomic E-state index is 12.1. The molecule has 0 spiro atoms. The number of hydrogen-bond acceptors (Lipinski definition) is 5.